The van der Waals surface area contributed by atoms with Crippen molar-refractivity contribution >= 4 is 22.8 Å². The third-order valence-corrected chi connectivity index (χ3v) is 6.36. The molecule has 0 atom stereocenters. The molecular formula is C22H30N4O2. The van der Waals surface area contributed by atoms with Crippen LogP contribution in [-0.2, 0) is 4.79 Å². The minimum atomic E-state index is -0.0569. The lowest BCUT2D eigenvalue weighted by molar-refractivity contribution is -0.132. The molecule has 1 saturated carbocycles. The Kier molecular flexibility index (Phi) is 5.93. The number of carbonyl (C=O) groups excluding carboxylic acids is 2. The molecule has 4 rings (SSSR count). The molecule has 2 N–H and O–H groups in total. The van der Waals surface area contributed by atoms with Gasteiger partial charge in [0.25, 0.3) is 5.91 Å². The van der Waals surface area contributed by atoms with E-state index in [-0.39, 0.29) is 11.9 Å². The molecule has 0 radical (unpaired) electrons. The number of H-pyrrole nitrogens is 1. The summed E-state index contributed by atoms with van der Waals surface area (Å²) >= 11 is 0. The van der Waals surface area contributed by atoms with Crippen LogP contribution in [0.15, 0.2) is 24.5 Å². The zero-order valence-electron chi connectivity index (χ0n) is 16.5. The molecule has 150 valence electrons. The van der Waals surface area contributed by atoms with Crippen molar-refractivity contribution in [3.05, 3.63) is 30.1 Å². The maximum atomic E-state index is 12.5. The fraction of sp³-hybridized carbons (Fsp3) is 0.591. The highest BCUT2D eigenvalue weighted by Crippen LogP contribution is 2.27. The van der Waals surface area contributed by atoms with E-state index in [1.807, 2.05) is 23.1 Å². The average molecular weight is 383 g/mol. The van der Waals surface area contributed by atoms with Gasteiger partial charge in [-0.2, -0.15) is 0 Å². The first-order valence-corrected chi connectivity index (χ1v) is 10.7. The number of aromatic nitrogens is 2. The largest absolute Gasteiger partial charge is 0.349 e. The molecule has 1 saturated heterocycles. The van der Waals surface area contributed by atoms with Crippen LogP contribution in [0.3, 0.4) is 0 Å². The molecule has 2 heterocycles. The van der Waals surface area contributed by atoms with Crippen molar-refractivity contribution in [2.24, 2.45) is 5.92 Å². The number of benzene rings is 1. The third kappa shape index (κ3) is 4.54. The zero-order chi connectivity index (χ0) is 19.3. The van der Waals surface area contributed by atoms with Crippen LogP contribution in [0.25, 0.3) is 11.0 Å². The van der Waals surface area contributed by atoms with Crippen molar-refractivity contribution in [1.82, 2.24) is 20.2 Å². The molecule has 0 unspecified atom stereocenters. The van der Waals surface area contributed by atoms with Gasteiger partial charge in [-0.3, -0.25) is 9.59 Å². The predicted octanol–water partition coefficient (Wildman–Crippen LogP) is 3.64. The fourth-order valence-corrected chi connectivity index (χ4v) is 4.58. The number of rotatable bonds is 5. The Bertz CT molecular complexity index is 817. The molecule has 0 bridgehead atoms. The quantitative estimate of drug-likeness (QED) is 0.829. The van der Waals surface area contributed by atoms with E-state index in [4.69, 9.17) is 0 Å². The van der Waals surface area contributed by atoms with Crippen molar-refractivity contribution in [2.75, 3.05) is 13.1 Å². The van der Waals surface area contributed by atoms with Crippen LogP contribution in [0.2, 0.25) is 0 Å². The van der Waals surface area contributed by atoms with E-state index in [1.165, 1.54) is 32.1 Å². The summed E-state index contributed by atoms with van der Waals surface area (Å²) in [5.41, 5.74) is 2.37. The highest BCUT2D eigenvalue weighted by atomic mass is 16.2. The molecule has 2 fully saturated rings. The summed E-state index contributed by atoms with van der Waals surface area (Å²) < 4.78 is 0. The normalized spacial score (nSPS) is 19.1. The number of aromatic amines is 1. The minimum absolute atomic E-state index is 0.0569. The molecular weight excluding hydrogens is 352 g/mol. The van der Waals surface area contributed by atoms with Gasteiger partial charge in [-0.25, -0.2) is 4.98 Å². The van der Waals surface area contributed by atoms with Gasteiger partial charge in [0.15, 0.2) is 0 Å². The van der Waals surface area contributed by atoms with Gasteiger partial charge in [-0.15, -0.1) is 0 Å². The Balaban J connectivity index is 1.22. The first-order chi connectivity index (χ1) is 13.7. The fourth-order valence-electron chi connectivity index (χ4n) is 4.58. The molecule has 2 amide bonds. The number of nitrogens with zero attached hydrogens (tertiary/aromatic N) is 2. The van der Waals surface area contributed by atoms with Crippen LogP contribution in [0.4, 0.5) is 0 Å². The zero-order valence-corrected chi connectivity index (χ0v) is 16.5. The number of hydrogen-bond acceptors (Lipinski definition) is 3. The van der Waals surface area contributed by atoms with Crippen molar-refractivity contribution < 1.29 is 9.59 Å². The van der Waals surface area contributed by atoms with Crippen LogP contribution in [0, 0.1) is 5.92 Å². The Morgan fingerprint density at radius 1 is 1.11 bits per heavy atom. The van der Waals surface area contributed by atoms with Gasteiger partial charge < -0.3 is 15.2 Å². The van der Waals surface area contributed by atoms with Gasteiger partial charge in [0.2, 0.25) is 5.91 Å². The molecule has 0 spiro atoms. The first kappa shape index (κ1) is 19.0. The predicted molar refractivity (Wildman–Crippen MR) is 109 cm³/mol. The summed E-state index contributed by atoms with van der Waals surface area (Å²) in [6, 6.07) is 5.63. The average Bonchev–Trinajstić information content (AvgIpc) is 3.21. The van der Waals surface area contributed by atoms with Gasteiger partial charge in [0.1, 0.15) is 0 Å². The topological polar surface area (TPSA) is 78.1 Å². The van der Waals surface area contributed by atoms with E-state index in [2.05, 4.69) is 15.3 Å². The lowest BCUT2D eigenvalue weighted by Gasteiger charge is -2.33. The number of imidazole rings is 1. The Labute approximate surface area is 166 Å². The van der Waals surface area contributed by atoms with Crippen molar-refractivity contribution in [2.45, 2.75) is 63.8 Å². The van der Waals surface area contributed by atoms with Gasteiger partial charge in [0, 0.05) is 31.1 Å². The molecule has 2 aliphatic rings. The highest BCUT2D eigenvalue weighted by Gasteiger charge is 2.25. The highest BCUT2D eigenvalue weighted by molar-refractivity contribution is 5.97. The van der Waals surface area contributed by atoms with Crippen LogP contribution < -0.4 is 5.32 Å². The smallest absolute Gasteiger partial charge is 0.251 e. The molecule has 6 heteroatoms. The summed E-state index contributed by atoms with van der Waals surface area (Å²) in [6.07, 6.45) is 11.6. The summed E-state index contributed by atoms with van der Waals surface area (Å²) in [5, 5.41) is 3.12. The Morgan fingerprint density at radius 3 is 2.68 bits per heavy atom. The number of hydrogen-bond donors (Lipinski definition) is 2. The van der Waals surface area contributed by atoms with Gasteiger partial charge in [-0.1, -0.05) is 32.1 Å². The van der Waals surface area contributed by atoms with E-state index < -0.39 is 0 Å². The standard InChI is InChI=1S/C22H30N4O2/c27-21(9-6-16-4-2-1-3-5-16)26-12-10-18(11-13-26)25-22(28)17-7-8-19-20(14-17)24-15-23-19/h7-8,14-16,18H,1-6,9-13H2,(H,23,24)(H,25,28). The lowest BCUT2D eigenvalue weighted by atomic mass is 9.86. The summed E-state index contributed by atoms with van der Waals surface area (Å²) in [6.45, 7) is 1.49. The second-order valence-corrected chi connectivity index (χ2v) is 8.31. The molecule has 6 nitrogen and oxygen atoms in total. The van der Waals surface area contributed by atoms with Crippen molar-refractivity contribution in [1.29, 1.82) is 0 Å². The number of piperidine rings is 1. The number of fused-ring (bicyclic) bond motifs is 1. The van der Waals surface area contributed by atoms with E-state index in [9.17, 15) is 9.59 Å². The molecule has 1 aliphatic heterocycles. The molecule has 1 aromatic carbocycles. The SMILES string of the molecule is O=C(NC1CCN(C(=O)CCC2CCCCC2)CC1)c1ccc2nc[nH]c2c1. The van der Waals surface area contributed by atoms with E-state index in [1.54, 1.807) is 6.33 Å². The van der Waals surface area contributed by atoms with Crippen molar-refractivity contribution in [3.8, 4) is 0 Å². The van der Waals surface area contributed by atoms with Crippen LogP contribution in [0.5, 0.6) is 0 Å². The summed E-state index contributed by atoms with van der Waals surface area (Å²) in [4.78, 5) is 34.3. The second kappa shape index (κ2) is 8.76. The second-order valence-electron chi connectivity index (χ2n) is 8.31. The molecule has 1 aromatic heterocycles. The first-order valence-electron chi connectivity index (χ1n) is 10.7. The molecule has 28 heavy (non-hydrogen) atoms. The Morgan fingerprint density at radius 2 is 1.89 bits per heavy atom. The lowest BCUT2D eigenvalue weighted by Crippen LogP contribution is -2.46. The summed E-state index contributed by atoms with van der Waals surface area (Å²) in [7, 11) is 0. The maximum absolute atomic E-state index is 12.5. The van der Waals surface area contributed by atoms with E-state index in [0.29, 0.717) is 17.9 Å². The summed E-state index contributed by atoms with van der Waals surface area (Å²) in [5.74, 6) is 0.986. The number of likely N-dealkylation sites (tertiary alicyclic amines) is 1. The third-order valence-electron chi connectivity index (χ3n) is 6.36. The van der Waals surface area contributed by atoms with Crippen LogP contribution >= 0.6 is 0 Å². The number of carbonyl (C=O) groups is 2. The van der Waals surface area contributed by atoms with E-state index >= 15 is 0 Å². The van der Waals surface area contributed by atoms with Gasteiger partial charge in [-0.05, 0) is 43.4 Å². The Hall–Kier alpha value is -2.37. The van der Waals surface area contributed by atoms with Crippen LogP contribution in [-0.4, -0.2) is 45.8 Å². The van der Waals surface area contributed by atoms with E-state index in [0.717, 1.165) is 49.3 Å². The van der Waals surface area contributed by atoms with Crippen LogP contribution in [0.1, 0.15) is 68.1 Å². The monoisotopic (exact) mass is 382 g/mol. The van der Waals surface area contributed by atoms with Gasteiger partial charge >= 0.3 is 0 Å². The maximum Gasteiger partial charge on any atom is 0.251 e. The molecule has 1 aliphatic carbocycles. The minimum Gasteiger partial charge on any atom is -0.349 e. The number of nitrogens with one attached hydrogen (secondary N) is 2. The van der Waals surface area contributed by atoms with Crippen molar-refractivity contribution in [3.63, 3.8) is 0 Å². The number of amides is 2. The molecule has 2 aromatic rings. The van der Waals surface area contributed by atoms with Gasteiger partial charge in [0.05, 0.1) is 17.4 Å².